The van der Waals surface area contributed by atoms with E-state index in [0.717, 1.165) is 25.8 Å². The average molecular weight is 343 g/mol. The Labute approximate surface area is 146 Å². The second kappa shape index (κ2) is 8.53. The topological polar surface area (TPSA) is 55.7 Å². The Bertz CT molecular complexity index is 375. The number of hydrogen-bond donors (Lipinski definition) is 3. The first-order valence-corrected chi connectivity index (χ1v) is 10.1. The molecule has 0 aromatic rings. The molecular formula is C17H32BClN2O2. The molecule has 2 aliphatic carbocycles. The van der Waals surface area contributed by atoms with Gasteiger partial charge in [-0.3, -0.25) is 10.2 Å². The average Bonchev–Trinajstić information content (AvgIpc) is 2.90. The lowest BCUT2D eigenvalue weighted by Crippen LogP contribution is -2.48. The monoisotopic (exact) mass is 342 g/mol. The molecule has 23 heavy (non-hydrogen) atoms. The molecule has 5 unspecified atom stereocenters. The van der Waals surface area contributed by atoms with Crippen molar-refractivity contribution >= 4 is 18.7 Å². The summed E-state index contributed by atoms with van der Waals surface area (Å²) in [6.45, 7) is 1.06. The molecule has 0 aromatic heterocycles. The molecule has 6 heteroatoms. The second-order valence-corrected chi connectivity index (χ2v) is 8.31. The maximum atomic E-state index is 9.03. The number of halogens is 1. The molecule has 0 spiro atoms. The zero-order valence-corrected chi connectivity index (χ0v) is 14.9. The summed E-state index contributed by atoms with van der Waals surface area (Å²) in [7, 11) is -1.16. The van der Waals surface area contributed by atoms with E-state index in [9.17, 15) is 0 Å². The van der Waals surface area contributed by atoms with Crippen LogP contribution in [0.4, 0.5) is 0 Å². The maximum absolute atomic E-state index is 9.03. The summed E-state index contributed by atoms with van der Waals surface area (Å²) >= 11 is 6.70. The first-order valence-electron chi connectivity index (χ1n) is 9.69. The van der Waals surface area contributed by atoms with E-state index in [1.165, 1.54) is 44.9 Å². The summed E-state index contributed by atoms with van der Waals surface area (Å²) in [5.41, 5.74) is 0. The minimum Gasteiger partial charge on any atom is -0.427 e. The van der Waals surface area contributed by atoms with Crippen molar-refractivity contribution in [1.82, 2.24) is 10.2 Å². The zero-order valence-electron chi connectivity index (χ0n) is 14.2. The van der Waals surface area contributed by atoms with Gasteiger partial charge in [0.1, 0.15) is 0 Å². The normalized spacial score (nSPS) is 38.5. The van der Waals surface area contributed by atoms with E-state index in [2.05, 4.69) is 10.2 Å². The highest BCUT2D eigenvalue weighted by atomic mass is 35.5. The molecule has 0 aromatic carbocycles. The molecule has 1 aliphatic heterocycles. The van der Waals surface area contributed by atoms with Crippen LogP contribution in [0.1, 0.15) is 64.2 Å². The van der Waals surface area contributed by atoms with Crippen LogP contribution in [0.15, 0.2) is 0 Å². The van der Waals surface area contributed by atoms with Crippen molar-refractivity contribution in [2.75, 3.05) is 6.54 Å². The van der Waals surface area contributed by atoms with E-state index in [0.29, 0.717) is 35.9 Å². The number of alkyl halides is 1. The maximum Gasteiger partial charge on any atom is 0.451 e. The van der Waals surface area contributed by atoms with E-state index in [1.54, 1.807) is 0 Å². The van der Waals surface area contributed by atoms with Gasteiger partial charge < -0.3 is 10.0 Å². The van der Waals surface area contributed by atoms with Crippen LogP contribution >= 0.6 is 11.6 Å². The van der Waals surface area contributed by atoms with Gasteiger partial charge in [0, 0.05) is 23.4 Å². The van der Waals surface area contributed by atoms with Crippen molar-refractivity contribution in [3.8, 4) is 0 Å². The molecule has 0 amide bonds. The first-order chi connectivity index (χ1) is 11.2. The third kappa shape index (κ3) is 4.43. The lowest BCUT2D eigenvalue weighted by Gasteiger charge is -2.38. The highest BCUT2D eigenvalue weighted by molar-refractivity contribution is 6.40. The van der Waals surface area contributed by atoms with E-state index in [-0.39, 0.29) is 0 Å². The van der Waals surface area contributed by atoms with Crippen LogP contribution in [0, 0.1) is 5.92 Å². The standard InChI is InChI=1S/C17H32BClN2O2/c19-14-8-2-1-7-13(14)17-20-15-9-3-4-10-16(15)21(17)12-6-5-11-18(22)23/h13-17,20,22-23H,1-12H2. The number of nitrogens with zero attached hydrogens (tertiary/aromatic N) is 1. The zero-order chi connectivity index (χ0) is 16.2. The highest BCUT2D eigenvalue weighted by Gasteiger charge is 2.46. The number of rotatable bonds is 6. The fourth-order valence-corrected chi connectivity index (χ4v) is 5.41. The third-order valence-corrected chi connectivity index (χ3v) is 6.71. The Morgan fingerprint density at radius 2 is 1.74 bits per heavy atom. The van der Waals surface area contributed by atoms with Crippen molar-refractivity contribution in [2.24, 2.45) is 5.92 Å². The Morgan fingerprint density at radius 3 is 2.52 bits per heavy atom. The molecule has 2 saturated carbocycles. The van der Waals surface area contributed by atoms with Crippen molar-refractivity contribution in [3.63, 3.8) is 0 Å². The molecule has 4 nitrogen and oxygen atoms in total. The predicted octanol–water partition coefficient (Wildman–Crippen LogP) is 2.58. The number of unbranched alkanes of at least 4 members (excludes halogenated alkanes) is 1. The Kier molecular flexibility index (Phi) is 6.67. The quantitative estimate of drug-likeness (QED) is 0.394. The Hall–Kier alpha value is 0.195. The van der Waals surface area contributed by atoms with E-state index >= 15 is 0 Å². The van der Waals surface area contributed by atoms with Crippen LogP contribution in [0.3, 0.4) is 0 Å². The lowest BCUT2D eigenvalue weighted by atomic mass is 9.83. The molecule has 3 rings (SSSR count). The first kappa shape index (κ1) is 18.0. The highest BCUT2D eigenvalue weighted by Crippen LogP contribution is 2.38. The minimum atomic E-state index is -1.16. The fraction of sp³-hybridized carbons (Fsp3) is 1.00. The number of fused-ring (bicyclic) bond motifs is 1. The van der Waals surface area contributed by atoms with Gasteiger partial charge in [-0.05, 0) is 45.0 Å². The van der Waals surface area contributed by atoms with Crippen LogP contribution in [0.5, 0.6) is 0 Å². The van der Waals surface area contributed by atoms with Crippen LogP contribution in [0.2, 0.25) is 6.32 Å². The Morgan fingerprint density at radius 1 is 1.00 bits per heavy atom. The molecule has 3 fully saturated rings. The molecule has 1 saturated heterocycles. The number of nitrogens with one attached hydrogen (secondary N) is 1. The summed E-state index contributed by atoms with van der Waals surface area (Å²) in [6.07, 6.45) is 13.1. The van der Waals surface area contributed by atoms with Gasteiger partial charge in [-0.15, -0.1) is 11.6 Å². The largest absolute Gasteiger partial charge is 0.451 e. The second-order valence-electron chi connectivity index (χ2n) is 7.75. The summed E-state index contributed by atoms with van der Waals surface area (Å²) in [4.78, 5) is 2.69. The van der Waals surface area contributed by atoms with Crippen LogP contribution < -0.4 is 5.32 Å². The van der Waals surface area contributed by atoms with E-state index < -0.39 is 7.12 Å². The SMILES string of the molecule is OB(O)CCCCN1C2CCCCC2NC1C1CCCCC1Cl. The van der Waals surface area contributed by atoms with Crippen molar-refractivity contribution in [2.45, 2.75) is 94.2 Å². The Balaban J connectivity index is 1.62. The van der Waals surface area contributed by atoms with Gasteiger partial charge in [-0.2, -0.15) is 0 Å². The van der Waals surface area contributed by atoms with Gasteiger partial charge in [-0.1, -0.05) is 32.1 Å². The van der Waals surface area contributed by atoms with Gasteiger partial charge in [0.25, 0.3) is 0 Å². The van der Waals surface area contributed by atoms with E-state index in [4.69, 9.17) is 21.6 Å². The smallest absolute Gasteiger partial charge is 0.427 e. The lowest BCUT2D eigenvalue weighted by molar-refractivity contribution is 0.107. The van der Waals surface area contributed by atoms with Crippen LogP contribution in [-0.4, -0.2) is 52.2 Å². The summed E-state index contributed by atoms with van der Waals surface area (Å²) in [6, 6.07) is 1.31. The molecule has 0 bridgehead atoms. The molecule has 3 aliphatic rings. The van der Waals surface area contributed by atoms with Crippen molar-refractivity contribution in [3.05, 3.63) is 0 Å². The summed E-state index contributed by atoms with van der Waals surface area (Å²) < 4.78 is 0. The summed E-state index contributed by atoms with van der Waals surface area (Å²) in [5.74, 6) is 0.569. The van der Waals surface area contributed by atoms with Crippen LogP contribution in [0.25, 0.3) is 0 Å². The molecule has 1 heterocycles. The third-order valence-electron chi connectivity index (χ3n) is 6.16. The molecule has 0 radical (unpaired) electrons. The minimum absolute atomic E-state index is 0.308. The fourth-order valence-electron chi connectivity index (χ4n) is 4.99. The van der Waals surface area contributed by atoms with Gasteiger partial charge in [-0.25, -0.2) is 0 Å². The number of hydrogen-bond acceptors (Lipinski definition) is 4. The van der Waals surface area contributed by atoms with Crippen molar-refractivity contribution < 1.29 is 10.0 Å². The molecule has 132 valence electrons. The van der Waals surface area contributed by atoms with Gasteiger partial charge >= 0.3 is 7.12 Å². The molecular weight excluding hydrogens is 310 g/mol. The van der Waals surface area contributed by atoms with E-state index in [1.807, 2.05) is 0 Å². The summed E-state index contributed by atoms with van der Waals surface area (Å²) in [5, 5.41) is 22.3. The molecule has 3 N–H and O–H groups in total. The van der Waals surface area contributed by atoms with Gasteiger partial charge in [0.05, 0.1) is 6.17 Å². The van der Waals surface area contributed by atoms with Crippen LogP contribution in [-0.2, 0) is 0 Å². The molecule has 5 atom stereocenters. The predicted molar refractivity (Wildman–Crippen MR) is 95.5 cm³/mol. The van der Waals surface area contributed by atoms with Crippen molar-refractivity contribution in [1.29, 1.82) is 0 Å². The van der Waals surface area contributed by atoms with Gasteiger partial charge in [0.2, 0.25) is 0 Å². The van der Waals surface area contributed by atoms with Gasteiger partial charge in [0.15, 0.2) is 0 Å².